The summed E-state index contributed by atoms with van der Waals surface area (Å²) >= 11 is 1.91. The van der Waals surface area contributed by atoms with Gasteiger partial charge in [0.05, 0.1) is 12.5 Å². The molecule has 6 aromatic carbocycles. The van der Waals surface area contributed by atoms with Crippen LogP contribution < -0.4 is 9.30 Å². The number of hydrogen-bond acceptors (Lipinski definition) is 2. The zero-order valence-electron chi connectivity index (χ0n) is 25.3. The first-order chi connectivity index (χ1) is 21.7. The summed E-state index contributed by atoms with van der Waals surface area (Å²) in [5, 5.41) is 8.73. The van der Waals surface area contributed by atoms with Crippen LogP contribution in [0.15, 0.2) is 126 Å². The Morgan fingerprint density at radius 2 is 1.52 bits per heavy atom. The van der Waals surface area contributed by atoms with Crippen LogP contribution in [0.2, 0.25) is 0 Å². The fourth-order valence-corrected chi connectivity index (χ4v) is 8.37. The van der Waals surface area contributed by atoms with Gasteiger partial charge in [-0.25, -0.2) is 0 Å². The van der Waals surface area contributed by atoms with Crippen molar-refractivity contribution in [2.24, 2.45) is 0 Å². The summed E-state index contributed by atoms with van der Waals surface area (Å²) in [4.78, 5) is 2.70. The van der Waals surface area contributed by atoms with Gasteiger partial charge >= 0.3 is 0 Å². The highest BCUT2D eigenvalue weighted by Gasteiger charge is 2.23. The largest absolute Gasteiger partial charge is 0.490 e. The molecular formula is C41H34NOS+. The van der Waals surface area contributed by atoms with Gasteiger partial charge in [0.15, 0.2) is 11.9 Å². The normalized spacial score (nSPS) is 15.0. The highest BCUT2D eigenvalue weighted by Crippen LogP contribution is 2.47. The summed E-state index contributed by atoms with van der Waals surface area (Å²) < 4.78 is 8.54. The first-order valence-electron chi connectivity index (χ1n) is 15.5. The van der Waals surface area contributed by atoms with Crippen molar-refractivity contribution in [3.63, 3.8) is 0 Å². The lowest BCUT2D eigenvalue weighted by Crippen LogP contribution is -2.32. The molecule has 0 bridgehead atoms. The van der Waals surface area contributed by atoms with Crippen molar-refractivity contribution < 1.29 is 9.30 Å². The van der Waals surface area contributed by atoms with Crippen molar-refractivity contribution in [3.8, 4) is 16.9 Å². The minimum Gasteiger partial charge on any atom is -0.490 e. The molecule has 2 nitrogen and oxygen atoms in total. The molecule has 1 aliphatic heterocycles. The predicted molar refractivity (Wildman–Crippen MR) is 188 cm³/mol. The molecule has 1 unspecified atom stereocenters. The maximum atomic E-state index is 6.26. The van der Waals surface area contributed by atoms with Crippen LogP contribution >= 0.6 is 11.8 Å². The Bertz CT molecular complexity index is 2280. The van der Waals surface area contributed by atoms with E-state index in [-0.39, 0.29) is 0 Å². The Kier molecular flexibility index (Phi) is 6.65. The zero-order chi connectivity index (χ0) is 29.8. The van der Waals surface area contributed by atoms with E-state index >= 15 is 0 Å². The van der Waals surface area contributed by atoms with Crippen LogP contribution in [0.1, 0.15) is 37.3 Å². The molecule has 0 saturated carbocycles. The topological polar surface area (TPSA) is 13.1 Å². The van der Waals surface area contributed by atoms with Crippen LogP contribution in [0.4, 0.5) is 0 Å². The van der Waals surface area contributed by atoms with Crippen molar-refractivity contribution in [1.82, 2.24) is 0 Å². The monoisotopic (exact) mass is 588 g/mol. The predicted octanol–water partition coefficient (Wildman–Crippen LogP) is 10.9. The number of nitrogens with zero attached hydrogens (tertiary/aromatic N) is 1. The van der Waals surface area contributed by atoms with Crippen LogP contribution in [0.25, 0.3) is 59.3 Å². The molecule has 0 spiro atoms. The molecule has 7 aromatic rings. The summed E-state index contributed by atoms with van der Waals surface area (Å²) in [5.74, 6) is 1.42. The number of aryl methyl sites for hydroxylation is 1. The van der Waals surface area contributed by atoms with Gasteiger partial charge in [-0.2, -0.15) is 4.57 Å². The second kappa shape index (κ2) is 10.8. The number of benzene rings is 6. The molecule has 0 amide bonds. The van der Waals surface area contributed by atoms with Gasteiger partial charge in [0.2, 0.25) is 0 Å². The van der Waals surface area contributed by atoms with Crippen LogP contribution in [0.5, 0.6) is 5.75 Å². The molecule has 0 fully saturated rings. The second-order valence-corrected chi connectivity index (χ2v) is 12.8. The first kappa shape index (κ1) is 27.0. The van der Waals surface area contributed by atoms with Gasteiger partial charge in [0.1, 0.15) is 6.54 Å². The van der Waals surface area contributed by atoms with Gasteiger partial charge in [-0.05, 0) is 93.0 Å². The summed E-state index contributed by atoms with van der Waals surface area (Å²) in [6, 6.07) is 40.3. The summed E-state index contributed by atoms with van der Waals surface area (Å²) in [6.45, 7) is 5.40. The molecule has 1 aromatic heterocycles. The van der Waals surface area contributed by atoms with Crippen molar-refractivity contribution in [1.29, 1.82) is 0 Å². The van der Waals surface area contributed by atoms with E-state index in [0.717, 1.165) is 29.8 Å². The molecule has 0 radical (unpaired) electrons. The highest BCUT2D eigenvalue weighted by molar-refractivity contribution is 8.08. The molecule has 3 heteroatoms. The smallest absolute Gasteiger partial charge is 0.255 e. The number of methoxy groups -OCH3 is 1. The van der Waals surface area contributed by atoms with Crippen molar-refractivity contribution in [2.45, 2.75) is 37.6 Å². The summed E-state index contributed by atoms with van der Waals surface area (Å²) in [7, 11) is 1.80. The van der Waals surface area contributed by atoms with E-state index in [1.807, 2.05) is 11.8 Å². The minimum absolute atomic E-state index is 0.504. The van der Waals surface area contributed by atoms with Gasteiger partial charge in [-0.3, -0.25) is 0 Å². The fraction of sp³-hybridized carbons (Fsp3) is 0.146. The lowest BCUT2D eigenvalue weighted by Gasteiger charge is -2.18. The highest BCUT2D eigenvalue weighted by atomic mass is 32.2. The quantitative estimate of drug-likeness (QED) is 0.115. The molecule has 1 aliphatic rings. The van der Waals surface area contributed by atoms with Crippen LogP contribution in [-0.2, 0) is 6.54 Å². The van der Waals surface area contributed by atoms with Crippen LogP contribution in [0.3, 0.4) is 0 Å². The first-order valence-corrected chi connectivity index (χ1v) is 16.3. The number of hydrogen-bond donors (Lipinski definition) is 0. The molecule has 0 saturated heterocycles. The number of allylic oxidation sites excluding steroid dienone is 1. The van der Waals surface area contributed by atoms with Crippen molar-refractivity contribution in [3.05, 3.63) is 133 Å². The molecule has 0 aliphatic carbocycles. The Balaban J connectivity index is 1.41. The van der Waals surface area contributed by atoms with Crippen LogP contribution in [0, 0.1) is 0 Å². The number of ether oxygens (including phenoxy) is 1. The Morgan fingerprint density at radius 3 is 2.41 bits per heavy atom. The van der Waals surface area contributed by atoms with Crippen molar-refractivity contribution >= 4 is 59.9 Å². The Hall–Kier alpha value is -4.60. The lowest BCUT2D eigenvalue weighted by atomic mass is 9.88. The van der Waals surface area contributed by atoms with E-state index in [1.165, 1.54) is 64.2 Å². The van der Waals surface area contributed by atoms with Gasteiger partial charge in [0, 0.05) is 27.0 Å². The van der Waals surface area contributed by atoms with Gasteiger partial charge in [-0.1, -0.05) is 97.6 Å². The molecule has 1 atom stereocenters. The third-order valence-electron chi connectivity index (χ3n) is 9.30. The Labute approximate surface area is 262 Å². The van der Waals surface area contributed by atoms with Gasteiger partial charge in [-0.15, -0.1) is 0 Å². The minimum atomic E-state index is 0.504. The number of fused-ring (bicyclic) bond motifs is 6. The van der Waals surface area contributed by atoms with Crippen LogP contribution in [-0.4, -0.2) is 7.11 Å². The summed E-state index contributed by atoms with van der Waals surface area (Å²) in [5.41, 5.74) is 6.23. The third kappa shape index (κ3) is 4.22. The number of pyridine rings is 1. The van der Waals surface area contributed by atoms with E-state index in [2.05, 4.69) is 140 Å². The standard InChI is InChI=1S/C41H34NOS/c1-4-42-24-10-12-27-19-20-35(41(43-3)40(27)42)39-30-14-6-5-11-28(30)25-36-31-15-9-16-33(32(31)21-22-34(36)39)38-23-18-26(2)29-13-7-8-17-37(29)44-38/h5-17,19-26H,4,18H2,1-3H3/q+1. The molecule has 44 heavy (non-hydrogen) atoms. The molecule has 2 heterocycles. The second-order valence-electron chi connectivity index (χ2n) is 11.8. The van der Waals surface area contributed by atoms with E-state index in [9.17, 15) is 0 Å². The van der Waals surface area contributed by atoms with Crippen molar-refractivity contribution in [2.75, 3.05) is 7.11 Å². The lowest BCUT2D eigenvalue weighted by molar-refractivity contribution is -0.668. The SMILES string of the molecule is CC[n+]1cccc2ccc(-c3c4ccccc4cc4c3ccc3c(C5=CCC(C)c6ccccc6S5)cccc34)c(OC)c21. The maximum Gasteiger partial charge on any atom is 0.255 e. The molecule has 0 N–H and O–H groups in total. The van der Waals surface area contributed by atoms with E-state index in [1.54, 1.807) is 7.11 Å². The average molecular weight is 589 g/mol. The number of aromatic nitrogens is 1. The molecular weight excluding hydrogens is 555 g/mol. The van der Waals surface area contributed by atoms with E-state index < -0.39 is 0 Å². The molecule has 8 rings (SSSR count). The average Bonchev–Trinajstić information content (AvgIpc) is 3.24. The van der Waals surface area contributed by atoms with E-state index in [4.69, 9.17) is 4.74 Å². The maximum absolute atomic E-state index is 6.26. The zero-order valence-corrected chi connectivity index (χ0v) is 26.1. The van der Waals surface area contributed by atoms with E-state index in [0.29, 0.717) is 5.92 Å². The molecule has 214 valence electrons. The van der Waals surface area contributed by atoms with Gasteiger partial charge in [0.25, 0.3) is 5.52 Å². The third-order valence-corrected chi connectivity index (χ3v) is 10.5. The van der Waals surface area contributed by atoms with Gasteiger partial charge < -0.3 is 4.74 Å². The summed E-state index contributed by atoms with van der Waals surface area (Å²) in [6.07, 6.45) is 5.63. The number of thioether (sulfide) groups is 1. The number of rotatable bonds is 4. The Morgan fingerprint density at radius 1 is 0.727 bits per heavy atom. The fourth-order valence-electron chi connectivity index (χ4n) is 7.14.